The van der Waals surface area contributed by atoms with E-state index >= 15 is 0 Å². The molecule has 0 aliphatic carbocycles. The van der Waals surface area contributed by atoms with Crippen LogP contribution in [-0.4, -0.2) is 71.7 Å². The molecule has 1 aromatic carbocycles. The SMILES string of the molecule is CCOC(OCC)c1cc2cnc(Nc3ccc(N4CCN(CC=O)CC4)cc3)nc2n1C(CC)CC. The number of nitrogens with zero attached hydrogens (tertiary/aromatic N) is 5. The minimum atomic E-state index is -0.436. The fourth-order valence-corrected chi connectivity index (χ4v) is 5.01. The Balaban J connectivity index is 1.56. The predicted molar refractivity (Wildman–Crippen MR) is 148 cm³/mol. The number of rotatable bonds is 13. The maximum Gasteiger partial charge on any atom is 0.229 e. The molecule has 1 aliphatic rings. The van der Waals surface area contributed by atoms with Crippen LogP contribution in [0.15, 0.2) is 36.5 Å². The highest BCUT2D eigenvalue weighted by atomic mass is 16.7. The van der Waals surface area contributed by atoms with Gasteiger partial charge in [0, 0.05) is 68.4 Å². The summed E-state index contributed by atoms with van der Waals surface area (Å²) >= 11 is 0. The highest BCUT2D eigenvalue weighted by molar-refractivity contribution is 5.78. The molecule has 1 fully saturated rings. The topological polar surface area (TPSA) is 84.8 Å². The molecule has 1 N–H and O–H groups in total. The first-order valence-electron chi connectivity index (χ1n) is 13.5. The lowest BCUT2D eigenvalue weighted by molar-refractivity contribution is -0.144. The minimum Gasteiger partial charge on any atom is -0.369 e. The summed E-state index contributed by atoms with van der Waals surface area (Å²) in [5.74, 6) is 0.559. The zero-order chi connectivity index (χ0) is 26.2. The second-order valence-corrected chi connectivity index (χ2v) is 9.25. The number of carbonyl (C=O) groups excluding carboxylic acids is 1. The van der Waals surface area contributed by atoms with Crippen LogP contribution < -0.4 is 10.2 Å². The lowest BCUT2D eigenvalue weighted by atomic mass is 10.1. The Bertz CT molecular complexity index is 1130. The molecule has 3 heterocycles. The highest BCUT2D eigenvalue weighted by Gasteiger charge is 2.24. The molecule has 4 rings (SSSR count). The summed E-state index contributed by atoms with van der Waals surface area (Å²) in [6.45, 7) is 13.6. The van der Waals surface area contributed by atoms with Crippen LogP contribution in [0.1, 0.15) is 58.6 Å². The Morgan fingerprint density at radius 1 is 1.00 bits per heavy atom. The molecule has 1 saturated heterocycles. The van der Waals surface area contributed by atoms with E-state index in [0.29, 0.717) is 25.7 Å². The van der Waals surface area contributed by atoms with Crippen molar-refractivity contribution in [2.45, 2.75) is 52.9 Å². The fraction of sp³-hybridized carbons (Fsp3) is 0.536. The average molecular weight is 509 g/mol. The number of ether oxygens (including phenoxy) is 2. The van der Waals surface area contributed by atoms with Crippen LogP contribution in [0.4, 0.5) is 17.3 Å². The van der Waals surface area contributed by atoms with Gasteiger partial charge < -0.3 is 29.1 Å². The van der Waals surface area contributed by atoms with Crippen LogP contribution in [0.2, 0.25) is 0 Å². The summed E-state index contributed by atoms with van der Waals surface area (Å²) in [5.41, 5.74) is 3.98. The Kier molecular flexibility index (Phi) is 9.49. The number of anilines is 3. The first-order valence-corrected chi connectivity index (χ1v) is 13.5. The molecule has 9 heteroatoms. The van der Waals surface area contributed by atoms with Crippen molar-refractivity contribution >= 4 is 34.6 Å². The lowest BCUT2D eigenvalue weighted by Gasteiger charge is -2.35. The van der Waals surface area contributed by atoms with E-state index in [0.717, 1.165) is 67.7 Å². The fourth-order valence-electron chi connectivity index (χ4n) is 5.01. The van der Waals surface area contributed by atoms with Crippen LogP contribution in [0.25, 0.3) is 11.0 Å². The van der Waals surface area contributed by atoms with Gasteiger partial charge in [-0.3, -0.25) is 4.90 Å². The van der Waals surface area contributed by atoms with Crippen molar-refractivity contribution in [1.29, 1.82) is 0 Å². The van der Waals surface area contributed by atoms with E-state index in [4.69, 9.17) is 14.5 Å². The number of hydrogen-bond acceptors (Lipinski definition) is 8. The molecule has 0 unspecified atom stereocenters. The number of hydrogen-bond donors (Lipinski definition) is 1. The lowest BCUT2D eigenvalue weighted by Crippen LogP contribution is -2.46. The van der Waals surface area contributed by atoms with Gasteiger partial charge in [-0.2, -0.15) is 4.98 Å². The summed E-state index contributed by atoms with van der Waals surface area (Å²) in [7, 11) is 0. The van der Waals surface area contributed by atoms with Gasteiger partial charge in [-0.05, 0) is 57.0 Å². The standard InChI is InChI=1S/C28H40N6O3/c1-5-23(6-2)34-25(27(36-7-3)37-8-4)19-21-20-29-28(31-26(21)34)30-22-9-11-24(12-10-22)33-15-13-32(14-16-33)17-18-35/h9-12,18-20,23,27H,5-8,13-17H2,1-4H3,(H,29,30,31). The molecule has 200 valence electrons. The third kappa shape index (κ3) is 6.29. The first kappa shape index (κ1) is 27.0. The van der Waals surface area contributed by atoms with E-state index in [2.05, 4.69) is 68.8 Å². The zero-order valence-electron chi connectivity index (χ0n) is 22.5. The first-order chi connectivity index (χ1) is 18.1. The molecular formula is C28H40N6O3. The molecule has 9 nitrogen and oxygen atoms in total. The van der Waals surface area contributed by atoms with Crippen molar-refractivity contribution < 1.29 is 14.3 Å². The number of carbonyl (C=O) groups is 1. The van der Waals surface area contributed by atoms with E-state index in [-0.39, 0.29) is 6.04 Å². The Hall–Kier alpha value is -3.01. The highest BCUT2D eigenvalue weighted by Crippen LogP contribution is 2.33. The second-order valence-electron chi connectivity index (χ2n) is 9.25. The molecule has 0 bridgehead atoms. The van der Waals surface area contributed by atoms with Crippen molar-refractivity contribution in [2.24, 2.45) is 0 Å². The summed E-state index contributed by atoms with van der Waals surface area (Å²) in [6, 6.07) is 10.7. The van der Waals surface area contributed by atoms with E-state index in [9.17, 15) is 4.79 Å². The molecule has 0 amide bonds. The third-order valence-electron chi connectivity index (χ3n) is 6.98. The molecule has 3 aromatic rings. The maximum absolute atomic E-state index is 10.8. The van der Waals surface area contributed by atoms with Crippen LogP contribution in [0.3, 0.4) is 0 Å². The number of aldehydes is 1. The van der Waals surface area contributed by atoms with Gasteiger partial charge >= 0.3 is 0 Å². The normalized spacial score (nSPS) is 14.7. The van der Waals surface area contributed by atoms with Crippen molar-refractivity contribution in [3.8, 4) is 0 Å². The van der Waals surface area contributed by atoms with Crippen molar-refractivity contribution in [3.63, 3.8) is 0 Å². The van der Waals surface area contributed by atoms with E-state index in [1.807, 2.05) is 20.0 Å². The van der Waals surface area contributed by atoms with Gasteiger partial charge in [0.1, 0.15) is 11.9 Å². The smallest absolute Gasteiger partial charge is 0.229 e. The second kappa shape index (κ2) is 13.0. The number of piperazine rings is 1. The van der Waals surface area contributed by atoms with Crippen LogP contribution in [0.5, 0.6) is 0 Å². The number of fused-ring (bicyclic) bond motifs is 1. The third-order valence-corrected chi connectivity index (χ3v) is 6.98. The van der Waals surface area contributed by atoms with Gasteiger partial charge in [-0.1, -0.05) is 13.8 Å². The van der Waals surface area contributed by atoms with Crippen LogP contribution >= 0.6 is 0 Å². The van der Waals surface area contributed by atoms with E-state index in [1.54, 1.807) is 0 Å². The number of benzene rings is 1. The average Bonchev–Trinajstić information content (AvgIpc) is 3.29. The van der Waals surface area contributed by atoms with Crippen LogP contribution in [-0.2, 0) is 14.3 Å². The van der Waals surface area contributed by atoms with E-state index < -0.39 is 6.29 Å². The summed E-state index contributed by atoms with van der Waals surface area (Å²) in [5, 5.41) is 4.35. The molecule has 0 radical (unpaired) electrons. The van der Waals surface area contributed by atoms with Crippen molar-refractivity contribution in [2.75, 3.05) is 56.2 Å². The summed E-state index contributed by atoms with van der Waals surface area (Å²) in [6.07, 6.45) is 4.38. The molecule has 0 saturated carbocycles. The Morgan fingerprint density at radius 2 is 1.68 bits per heavy atom. The Labute approximate surface area is 219 Å². The van der Waals surface area contributed by atoms with Crippen molar-refractivity contribution in [3.05, 3.63) is 42.2 Å². The van der Waals surface area contributed by atoms with Crippen LogP contribution in [0, 0.1) is 0 Å². The molecule has 0 atom stereocenters. The Morgan fingerprint density at radius 3 is 2.27 bits per heavy atom. The minimum absolute atomic E-state index is 0.282. The molecular weight excluding hydrogens is 468 g/mol. The molecule has 1 aliphatic heterocycles. The molecule has 37 heavy (non-hydrogen) atoms. The number of nitrogens with one attached hydrogen (secondary N) is 1. The van der Waals surface area contributed by atoms with Gasteiger partial charge in [-0.15, -0.1) is 0 Å². The van der Waals surface area contributed by atoms with Crippen molar-refractivity contribution in [1.82, 2.24) is 19.4 Å². The molecule has 2 aromatic heterocycles. The van der Waals surface area contributed by atoms with Gasteiger partial charge in [0.25, 0.3) is 0 Å². The maximum atomic E-state index is 10.8. The quantitative estimate of drug-likeness (QED) is 0.257. The van der Waals surface area contributed by atoms with E-state index in [1.165, 1.54) is 5.69 Å². The molecule has 0 spiro atoms. The van der Waals surface area contributed by atoms with Gasteiger partial charge in [0.05, 0.1) is 12.2 Å². The van der Waals surface area contributed by atoms with Gasteiger partial charge in [0.2, 0.25) is 5.95 Å². The number of aromatic nitrogens is 3. The monoisotopic (exact) mass is 508 g/mol. The predicted octanol–water partition coefficient (Wildman–Crippen LogP) is 4.93. The summed E-state index contributed by atoms with van der Waals surface area (Å²) in [4.78, 5) is 24.8. The van der Waals surface area contributed by atoms with Gasteiger partial charge in [-0.25, -0.2) is 4.98 Å². The largest absolute Gasteiger partial charge is 0.369 e. The zero-order valence-corrected chi connectivity index (χ0v) is 22.5. The summed E-state index contributed by atoms with van der Waals surface area (Å²) < 4.78 is 14.2. The van der Waals surface area contributed by atoms with Gasteiger partial charge in [0.15, 0.2) is 6.29 Å².